The molecule has 0 aliphatic carbocycles. The summed E-state index contributed by atoms with van der Waals surface area (Å²) in [7, 11) is 0. The lowest BCUT2D eigenvalue weighted by molar-refractivity contribution is 0.381. The van der Waals surface area contributed by atoms with Crippen LogP contribution in [0, 0.1) is 46.2 Å². The topological polar surface area (TPSA) is 36.7 Å². The van der Waals surface area contributed by atoms with Gasteiger partial charge in [-0.1, -0.05) is 0 Å². The molecule has 0 saturated heterocycles. The second-order valence-electron chi connectivity index (χ2n) is 3.61. The van der Waals surface area contributed by atoms with Crippen LogP contribution < -0.4 is 0 Å². The summed E-state index contributed by atoms with van der Waals surface area (Å²) < 4.78 is 79.1. The van der Waals surface area contributed by atoms with Crippen LogP contribution in [0.2, 0.25) is 0 Å². The molecule has 0 N–H and O–H groups in total. The van der Waals surface area contributed by atoms with Crippen molar-refractivity contribution in [1.29, 1.82) is 5.26 Å². The zero-order valence-corrected chi connectivity index (χ0v) is 9.32. The minimum Gasteiger partial charge on any atom is -0.242 e. The third-order valence-corrected chi connectivity index (χ3v) is 2.45. The van der Waals surface area contributed by atoms with Crippen LogP contribution in [0.4, 0.5) is 26.3 Å². The van der Waals surface area contributed by atoms with Gasteiger partial charge in [0.25, 0.3) is 0 Å². The zero-order chi connectivity index (χ0) is 15.0. The highest BCUT2D eigenvalue weighted by Crippen LogP contribution is 2.31. The lowest BCUT2D eigenvalue weighted by atomic mass is 10.0. The molecule has 0 amide bonds. The highest BCUT2D eigenvalue weighted by molar-refractivity contribution is 5.65. The quantitative estimate of drug-likeness (QED) is 0.458. The fourth-order valence-electron chi connectivity index (χ4n) is 1.52. The van der Waals surface area contributed by atoms with Gasteiger partial charge in [-0.3, -0.25) is 0 Å². The maximum Gasteiger partial charge on any atom is 0.200 e. The number of pyridine rings is 1. The highest BCUT2D eigenvalue weighted by atomic mass is 19.2. The number of hydrogen-bond donors (Lipinski definition) is 0. The van der Waals surface area contributed by atoms with Crippen LogP contribution in [0.5, 0.6) is 0 Å². The first-order valence-corrected chi connectivity index (χ1v) is 4.96. The van der Waals surface area contributed by atoms with E-state index in [0.717, 1.165) is 0 Å². The van der Waals surface area contributed by atoms with Crippen molar-refractivity contribution >= 4 is 0 Å². The largest absolute Gasteiger partial charge is 0.242 e. The van der Waals surface area contributed by atoms with E-state index in [1.165, 1.54) is 6.07 Å². The SMILES string of the molecule is N#Cc1ncc(-c2c(F)c(F)c(F)c(F)c2F)cc1F. The molecule has 102 valence electrons. The fourth-order valence-corrected chi connectivity index (χ4v) is 1.52. The molecule has 0 aliphatic rings. The number of halogens is 6. The molecule has 20 heavy (non-hydrogen) atoms. The Labute approximate surface area is 107 Å². The van der Waals surface area contributed by atoms with E-state index in [1.807, 2.05) is 0 Å². The van der Waals surface area contributed by atoms with Crippen LogP contribution in [-0.4, -0.2) is 4.98 Å². The van der Waals surface area contributed by atoms with Gasteiger partial charge in [0.1, 0.15) is 6.07 Å². The van der Waals surface area contributed by atoms with Gasteiger partial charge in [-0.25, -0.2) is 31.3 Å². The summed E-state index contributed by atoms with van der Waals surface area (Å²) in [5, 5.41) is 8.44. The summed E-state index contributed by atoms with van der Waals surface area (Å²) in [6.07, 6.45) is 0.639. The van der Waals surface area contributed by atoms with Gasteiger partial charge in [0.15, 0.2) is 34.8 Å². The maximum absolute atomic E-state index is 13.5. The van der Waals surface area contributed by atoms with Crippen molar-refractivity contribution in [2.45, 2.75) is 0 Å². The molecule has 0 spiro atoms. The molecular weight excluding hydrogens is 286 g/mol. The van der Waals surface area contributed by atoms with Crippen LogP contribution >= 0.6 is 0 Å². The van der Waals surface area contributed by atoms with Gasteiger partial charge in [0, 0.05) is 11.8 Å². The van der Waals surface area contributed by atoms with Gasteiger partial charge >= 0.3 is 0 Å². The monoisotopic (exact) mass is 288 g/mol. The molecule has 0 radical (unpaired) electrons. The zero-order valence-electron chi connectivity index (χ0n) is 9.32. The van der Waals surface area contributed by atoms with Crippen molar-refractivity contribution in [3.05, 3.63) is 52.9 Å². The van der Waals surface area contributed by atoms with Gasteiger partial charge in [-0.05, 0) is 6.07 Å². The number of hydrogen-bond acceptors (Lipinski definition) is 2. The van der Waals surface area contributed by atoms with Crippen LogP contribution in [0.15, 0.2) is 12.3 Å². The molecule has 1 aromatic carbocycles. The van der Waals surface area contributed by atoms with E-state index in [4.69, 9.17) is 5.26 Å². The molecule has 1 heterocycles. The Morgan fingerprint density at radius 1 is 0.850 bits per heavy atom. The second kappa shape index (κ2) is 4.85. The fraction of sp³-hybridized carbons (Fsp3) is 0. The first-order valence-electron chi connectivity index (χ1n) is 4.96. The van der Waals surface area contributed by atoms with Gasteiger partial charge in [-0.15, -0.1) is 0 Å². The molecule has 0 unspecified atom stereocenters. The Hall–Kier alpha value is -2.56. The van der Waals surface area contributed by atoms with Crippen molar-refractivity contribution in [2.75, 3.05) is 0 Å². The number of benzene rings is 1. The molecule has 1 aromatic heterocycles. The smallest absolute Gasteiger partial charge is 0.200 e. The Balaban J connectivity index is 2.77. The lowest BCUT2D eigenvalue weighted by Gasteiger charge is -2.08. The molecule has 0 fully saturated rings. The molecule has 0 saturated carbocycles. The number of nitriles is 1. The predicted octanol–water partition coefficient (Wildman–Crippen LogP) is 3.45. The standard InChI is InChI=1S/C12H2F6N2/c13-5-1-4(3-20-6(5)2-19)7-8(14)10(16)12(18)11(17)9(7)15/h1,3H. The van der Waals surface area contributed by atoms with E-state index >= 15 is 0 Å². The average molecular weight is 288 g/mol. The summed E-state index contributed by atoms with van der Waals surface area (Å²) in [5.74, 6) is -12.1. The first kappa shape index (κ1) is 13.9. The highest BCUT2D eigenvalue weighted by Gasteiger charge is 2.27. The van der Waals surface area contributed by atoms with E-state index in [-0.39, 0.29) is 0 Å². The molecule has 0 aliphatic heterocycles. The van der Waals surface area contributed by atoms with Crippen molar-refractivity contribution < 1.29 is 26.3 Å². The molecule has 2 aromatic rings. The molecule has 8 heteroatoms. The summed E-state index contributed by atoms with van der Waals surface area (Å²) in [5.41, 5.74) is -2.65. The molecule has 2 nitrogen and oxygen atoms in total. The van der Waals surface area contributed by atoms with E-state index in [0.29, 0.717) is 12.3 Å². The lowest BCUT2D eigenvalue weighted by Crippen LogP contribution is -2.04. The van der Waals surface area contributed by atoms with E-state index in [2.05, 4.69) is 4.98 Å². The third kappa shape index (κ3) is 1.97. The van der Waals surface area contributed by atoms with E-state index < -0.39 is 51.7 Å². The van der Waals surface area contributed by atoms with Crippen molar-refractivity contribution in [3.8, 4) is 17.2 Å². The number of aromatic nitrogens is 1. The minimum atomic E-state index is -2.31. The molecule has 0 bridgehead atoms. The van der Waals surface area contributed by atoms with Gasteiger partial charge in [0.05, 0.1) is 5.56 Å². The average Bonchev–Trinajstić information content (AvgIpc) is 2.43. The normalized spacial score (nSPS) is 10.4. The van der Waals surface area contributed by atoms with Crippen LogP contribution in [0.3, 0.4) is 0 Å². The second-order valence-corrected chi connectivity index (χ2v) is 3.61. The van der Waals surface area contributed by atoms with Gasteiger partial charge < -0.3 is 0 Å². The molecule has 2 rings (SSSR count). The summed E-state index contributed by atoms with van der Waals surface area (Å²) in [4.78, 5) is 3.23. The Morgan fingerprint density at radius 2 is 1.35 bits per heavy atom. The number of rotatable bonds is 1. The minimum absolute atomic E-state index is 0.462. The Morgan fingerprint density at radius 3 is 1.80 bits per heavy atom. The first-order chi connectivity index (χ1) is 9.38. The molecular formula is C12H2F6N2. The van der Waals surface area contributed by atoms with Crippen molar-refractivity contribution in [2.24, 2.45) is 0 Å². The van der Waals surface area contributed by atoms with E-state index in [9.17, 15) is 26.3 Å². The van der Waals surface area contributed by atoms with Gasteiger partial charge in [-0.2, -0.15) is 5.26 Å². The summed E-state index contributed by atoms with van der Waals surface area (Å²) >= 11 is 0. The van der Waals surface area contributed by atoms with Crippen LogP contribution in [-0.2, 0) is 0 Å². The van der Waals surface area contributed by atoms with Gasteiger partial charge in [0.2, 0.25) is 5.82 Å². The summed E-state index contributed by atoms with van der Waals surface area (Å²) in [6.45, 7) is 0. The Bertz CT molecular complexity index is 722. The van der Waals surface area contributed by atoms with Crippen LogP contribution in [0.1, 0.15) is 5.69 Å². The maximum atomic E-state index is 13.5. The molecule has 0 atom stereocenters. The Kier molecular flexibility index (Phi) is 3.36. The third-order valence-electron chi connectivity index (χ3n) is 2.45. The summed E-state index contributed by atoms with van der Waals surface area (Å²) in [6, 6.07) is 1.82. The number of nitrogens with zero attached hydrogens (tertiary/aromatic N) is 2. The predicted molar refractivity (Wildman–Crippen MR) is 54.1 cm³/mol. The van der Waals surface area contributed by atoms with Crippen molar-refractivity contribution in [1.82, 2.24) is 4.98 Å². The van der Waals surface area contributed by atoms with Crippen molar-refractivity contribution in [3.63, 3.8) is 0 Å². The van der Waals surface area contributed by atoms with E-state index in [1.54, 1.807) is 0 Å². The van der Waals surface area contributed by atoms with Crippen LogP contribution in [0.25, 0.3) is 11.1 Å².